The van der Waals surface area contributed by atoms with Crippen molar-refractivity contribution in [2.75, 3.05) is 7.05 Å². The molecule has 0 spiro atoms. The number of aromatic nitrogens is 1. The van der Waals surface area contributed by atoms with Crippen molar-refractivity contribution in [2.24, 2.45) is 11.8 Å². The van der Waals surface area contributed by atoms with Crippen LogP contribution in [0.25, 0.3) is 0 Å². The molecule has 1 N–H and O–H groups in total. The van der Waals surface area contributed by atoms with E-state index in [1.165, 1.54) is 30.0 Å². The standard InChI is InChI=1S/C16H28N2S/c1-11-7-12(2)9-16(8-11,17-6)14-18-13(10-19-14)15(3,4)5/h10-12,17H,7-9H2,1-6H3. The molecule has 0 radical (unpaired) electrons. The number of hydrogen-bond acceptors (Lipinski definition) is 3. The van der Waals surface area contributed by atoms with Crippen LogP contribution in [0.5, 0.6) is 0 Å². The smallest absolute Gasteiger partial charge is 0.113 e. The lowest BCUT2D eigenvalue weighted by Gasteiger charge is -2.41. The van der Waals surface area contributed by atoms with E-state index < -0.39 is 0 Å². The third-order valence-corrected chi connectivity index (χ3v) is 5.41. The zero-order valence-corrected chi connectivity index (χ0v) is 14.0. The molecule has 0 bridgehead atoms. The van der Waals surface area contributed by atoms with Crippen LogP contribution in [0, 0.1) is 11.8 Å². The highest BCUT2D eigenvalue weighted by Crippen LogP contribution is 2.44. The summed E-state index contributed by atoms with van der Waals surface area (Å²) in [5.74, 6) is 1.55. The minimum Gasteiger partial charge on any atom is -0.308 e. The van der Waals surface area contributed by atoms with Crippen molar-refractivity contribution in [1.29, 1.82) is 0 Å². The maximum atomic E-state index is 4.97. The number of hydrogen-bond donors (Lipinski definition) is 1. The molecule has 2 nitrogen and oxygen atoms in total. The Morgan fingerprint density at radius 1 is 1.26 bits per heavy atom. The summed E-state index contributed by atoms with van der Waals surface area (Å²) in [4.78, 5) is 4.97. The van der Waals surface area contributed by atoms with E-state index in [2.05, 4.69) is 52.4 Å². The first kappa shape index (κ1) is 15.0. The molecule has 19 heavy (non-hydrogen) atoms. The van der Waals surface area contributed by atoms with Crippen molar-refractivity contribution < 1.29 is 0 Å². The van der Waals surface area contributed by atoms with Crippen LogP contribution in [-0.4, -0.2) is 12.0 Å². The molecule has 0 saturated heterocycles. The molecular weight excluding hydrogens is 252 g/mol. The third-order valence-electron chi connectivity index (χ3n) is 4.36. The number of thiazole rings is 1. The van der Waals surface area contributed by atoms with Gasteiger partial charge >= 0.3 is 0 Å². The normalized spacial score (nSPS) is 32.5. The van der Waals surface area contributed by atoms with Crippen molar-refractivity contribution >= 4 is 11.3 Å². The van der Waals surface area contributed by atoms with E-state index in [1.807, 2.05) is 11.3 Å². The SMILES string of the molecule is CNC1(c2nc(C(C)(C)C)cs2)CC(C)CC(C)C1. The van der Waals surface area contributed by atoms with Gasteiger partial charge in [0.2, 0.25) is 0 Å². The van der Waals surface area contributed by atoms with Gasteiger partial charge in [-0.3, -0.25) is 0 Å². The summed E-state index contributed by atoms with van der Waals surface area (Å²) in [6, 6.07) is 0. The van der Waals surface area contributed by atoms with Crippen molar-refractivity contribution in [3.8, 4) is 0 Å². The molecule has 2 atom stereocenters. The molecule has 3 heteroatoms. The topological polar surface area (TPSA) is 24.9 Å². The molecule has 1 aliphatic carbocycles. The average molecular weight is 280 g/mol. The fourth-order valence-electron chi connectivity index (χ4n) is 3.45. The monoisotopic (exact) mass is 280 g/mol. The molecule has 0 amide bonds. The van der Waals surface area contributed by atoms with Crippen LogP contribution in [-0.2, 0) is 11.0 Å². The van der Waals surface area contributed by atoms with Crippen molar-refractivity contribution in [1.82, 2.24) is 10.3 Å². The molecule has 1 saturated carbocycles. The first-order valence-corrected chi connectivity index (χ1v) is 8.30. The minimum absolute atomic E-state index is 0.102. The summed E-state index contributed by atoms with van der Waals surface area (Å²) >= 11 is 1.84. The second kappa shape index (κ2) is 5.17. The minimum atomic E-state index is 0.102. The van der Waals surface area contributed by atoms with E-state index in [-0.39, 0.29) is 11.0 Å². The molecule has 0 aromatic carbocycles. The predicted octanol–water partition coefficient (Wildman–Crippen LogP) is 4.31. The first-order chi connectivity index (χ1) is 8.77. The second-order valence-corrected chi connectivity index (χ2v) is 8.33. The Morgan fingerprint density at radius 3 is 2.26 bits per heavy atom. The second-order valence-electron chi connectivity index (χ2n) is 7.47. The molecule has 108 valence electrons. The third kappa shape index (κ3) is 3.03. The van der Waals surface area contributed by atoms with Crippen LogP contribution in [0.3, 0.4) is 0 Å². The van der Waals surface area contributed by atoms with E-state index in [1.54, 1.807) is 0 Å². The van der Waals surface area contributed by atoms with E-state index in [0.29, 0.717) is 0 Å². The van der Waals surface area contributed by atoms with Crippen LogP contribution in [0.15, 0.2) is 5.38 Å². The van der Waals surface area contributed by atoms with Gasteiger partial charge in [0, 0.05) is 10.8 Å². The summed E-state index contributed by atoms with van der Waals surface area (Å²) in [6.45, 7) is 11.5. The Balaban J connectivity index is 2.33. The van der Waals surface area contributed by atoms with Gasteiger partial charge in [0.05, 0.1) is 11.2 Å². The van der Waals surface area contributed by atoms with Gasteiger partial charge in [-0.15, -0.1) is 11.3 Å². The summed E-state index contributed by atoms with van der Waals surface area (Å²) in [5.41, 5.74) is 1.48. The number of nitrogens with zero attached hydrogens (tertiary/aromatic N) is 1. The highest BCUT2D eigenvalue weighted by molar-refractivity contribution is 7.09. The van der Waals surface area contributed by atoms with E-state index in [0.717, 1.165) is 11.8 Å². The Labute approximate surface area is 122 Å². The van der Waals surface area contributed by atoms with Gasteiger partial charge in [0.15, 0.2) is 0 Å². The summed E-state index contributed by atoms with van der Waals surface area (Å²) in [6.07, 6.45) is 3.77. The highest BCUT2D eigenvalue weighted by atomic mass is 32.1. The van der Waals surface area contributed by atoms with Crippen LogP contribution < -0.4 is 5.32 Å². The van der Waals surface area contributed by atoms with E-state index >= 15 is 0 Å². The molecular formula is C16H28N2S. The Hall–Kier alpha value is -0.410. The molecule has 2 rings (SSSR count). The Morgan fingerprint density at radius 2 is 1.84 bits per heavy atom. The van der Waals surface area contributed by atoms with Gasteiger partial charge in [-0.2, -0.15) is 0 Å². The number of nitrogens with one attached hydrogen (secondary N) is 1. The van der Waals surface area contributed by atoms with Crippen LogP contribution in [0.2, 0.25) is 0 Å². The molecule has 1 aromatic heterocycles. The van der Waals surface area contributed by atoms with Crippen molar-refractivity contribution in [3.05, 3.63) is 16.1 Å². The van der Waals surface area contributed by atoms with Crippen molar-refractivity contribution in [3.63, 3.8) is 0 Å². The Bertz CT molecular complexity index is 420. The molecule has 0 aliphatic heterocycles. The van der Waals surface area contributed by atoms with Gasteiger partial charge in [-0.25, -0.2) is 4.98 Å². The van der Waals surface area contributed by atoms with Gasteiger partial charge in [-0.1, -0.05) is 34.6 Å². The lowest BCUT2D eigenvalue weighted by atomic mass is 9.72. The molecule has 1 aromatic rings. The van der Waals surface area contributed by atoms with E-state index in [9.17, 15) is 0 Å². The predicted molar refractivity (Wildman–Crippen MR) is 83.7 cm³/mol. The quantitative estimate of drug-likeness (QED) is 0.873. The molecule has 1 aliphatic rings. The van der Waals surface area contributed by atoms with Gasteiger partial charge in [0.25, 0.3) is 0 Å². The maximum absolute atomic E-state index is 4.97. The fraction of sp³-hybridized carbons (Fsp3) is 0.812. The zero-order valence-electron chi connectivity index (χ0n) is 13.2. The van der Waals surface area contributed by atoms with Crippen molar-refractivity contribution in [2.45, 2.75) is 64.8 Å². The van der Waals surface area contributed by atoms with E-state index in [4.69, 9.17) is 4.98 Å². The first-order valence-electron chi connectivity index (χ1n) is 7.42. The molecule has 2 unspecified atom stereocenters. The average Bonchev–Trinajstić information content (AvgIpc) is 2.76. The maximum Gasteiger partial charge on any atom is 0.113 e. The van der Waals surface area contributed by atoms with Crippen LogP contribution >= 0.6 is 11.3 Å². The van der Waals surface area contributed by atoms with Crippen LogP contribution in [0.1, 0.15) is 64.6 Å². The number of rotatable bonds is 2. The van der Waals surface area contributed by atoms with Gasteiger partial charge in [0.1, 0.15) is 5.01 Å². The summed E-state index contributed by atoms with van der Waals surface area (Å²) in [7, 11) is 2.10. The highest BCUT2D eigenvalue weighted by Gasteiger charge is 2.40. The summed E-state index contributed by atoms with van der Waals surface area (Å²) < 4.78 is 0. The molecule has 1 fully saturated rings. The lowest BCUT2D eigenvalue weighted by Crippen LogP contribution is -2.45. The largest absolute Gasteiger partial charge is 0.308 e. The van der Waals surface area contributed by atoms with Crippen LogP contribution in [0.4, 0.5) is 0 Å². The summed E-state index contributed by atoms with van der Waals surface area (Å²) in [5, 5.41) is 7.15. The fourth-order valence-corrected chi connectivity index (χ4v) is 4.73. The zero-order chi connectivity index (χ0) is 14.3. The van der Waals surface area contributed by atoms with Gasteiger partial charge in [-0.05, 0) is 38.1 Å². The molecule has 1 heterocycles. The van der Waals surface area contributed by atoms with Gasteiger partial charge < -0.3 is 5.32 Å². The lowest BCUT2D eigenvalue weighted by molar-refractivity contribution is 0.151. The Kier molecular flexibility index (Phi) is 4.08.